The van der Waals surface area contributed by atoms with Gasteiger partial charge in [0.2, 0.25) is 0 Å². The van der Waals surface area contributed by atoms with Crippen LogP contribution in [0, 0.1) is 0 Å². The largest absolute Gasteiger partial charge is 0.493 e. The molecule has 0 aliphatic rings. The van der Waals surface area contributed by atoms with Gasteiger partial charge in [-0.15, -0.1) is 0 Å². The van der Waals surface area contributed by atoms with Crippen molar-refractivity contribution < 1.29 is 23.8 Å². The van der Waals surface area contributed by atoms with Crippen molar-refractivity contribution in [3.8, 4) is 17.2 Å². The average Bonchev–Trinajstić information content (AvgIpc) is 2.87. The number of benzene rings is 3. The van der Waals surface area contributed by atoms with Crippen molar-refractivity contribution >= 4 is 34.0 Å². The first-order valence-corrected chi connectivity index (χ1v) is 11.1. The highest BCUT2D eigenvalue weighted by Crippen LogP contribution is 2.27. The molecule has 2 N–H and O–H groups in total. The molecule has 0 heterocycles. The van der Waals surface area contributed by atoms with E-state index in [9.17, 15) is 9.59 Å². The van der Waals surface area contributed by atoms with Crippen LogP contribution in [0.4, 0.5) is 0 Å². The minimum Gasteiger partial charge on any atom is -0.493 e. The van der Waals surface area contributed by atoms with Gasteiger partial charge in [0.25, 0.3) is 11.8 Å². The third kappa shape index (κ3) is 7.08. The highest BCUT2D eigenvalue weighted by molar-refractivity contribution is 9.10. The standard InChI is InChI=1S/C25H24BrN3O5/c1-32-22-12-9-18(13-23(22)33-2)25(31)27-15-24(30)29-28-14-19-5-3-4-6-21(19)34-16-17-7-10-20(26)11-8-17/h3-14H,15-16H2,1-2H3,(H,27,31)(H,29,30)/b28-14-. The fourth-order valence-corrected chi connectivity index (χ4v) is 3.18. The molecule has 3 rings (SSSR count). The van der Waals surface area contributed by atoms with Gasteiger partial charge in [-0.3, -0.25) is 9.59 Å². The Hall–Kier alpha value is -3.85. The summed E-state index contributed by atoms with van der Waals surface area (Å²) in [6.45, 7) is 0.152. The quantitative estimate of drug-likeness (QED) is 0.308. The smallest absolute Gasteiger partial charge is 0.259 e. The molecular formula is C25H24BrN3O5. The normalized spacial score (nSPS) is 10.6. The first-order chi connectivity index (χ1) is 16.5. The monoisotopic (exact) mass is 525 g/mol. The molecule has 0 fully saturated rings. The van der Waals surface area contributed by atoms with Crippen LogP contribution in [0.3, 0.4) is 0 Å². The lowest BCUT2D eigenvalue weighted by Gasteiger charge is -2.10. The summed E-state index contributed by atoms with van der Waals surface area (Å²) in [4.78, 5) is 24.4. The summed E-state index contributed by atoms with van der Waals surface area (Å²) in [6, 6.07) is 19.9. The maximum atomic E-state index is 12.3. The number of hydrogen-bond donors (Lipinski definition) is 2. The predicted molar refractivity (Wildman–Crippen MR) is 133 cm³/mol. The Morgan fingerprint density at radius 1 is 0.941 bits per heavy atom. The Bertz CT molecular complexity index is 1170. The Balaban J connectivity index is 1.51. The van der Waals surface area contributed by atoms with Crippen LogP contribution in [-0.4, -0.2) is 38.8 Å². The number of rotatable bonds is 10. The van der Waals surface area contributed by atoms with Crippen LogP contribution < -0.4 is 25.0 Å². The minimum atomic E-state index is -0.474. The first kappa shape index (κ1) is 24.8. The second-order valence-corrected chi connectivity index (χ2v) is 7.91. The molecule has 176 valence electrons. The number of methoxy groups -OCH3 is 2. The summed E-state index contributed by atoms with van der Waals surface area (Å²) in [5, 5.41) is 6.51. The lowest BCUT2D eigenvalue weighted by molar-refractivity contribution is -0.120. The van der Waals surface area contributed by atoms with Crippen LogP contribution in [0.2, 0.25) is 0 Å². The summed E-state index contributed by atoms with van der Waals surface area (Å²) in [5.41, 5.74) is 4.46. The molecule has 0 saturated carbocycles. The molecule has 0 aliphatic heterocycles. The van der Waals surface area contributed by atoms with E-state index in [0.717, 1.165) is 10.0 Å². The molecular weight excluding hydrogens is 502 g/mol. The second kappa shape index (κ2) is 12.4. The third-order valence-corrected chi connectivity index (χ3v) is 5.20. The van der Waals surface area contributed by atoms with Gasteiger partial charge in [-0.2, -0.15) is 5.10 Å². The van der Waals surface area contributed by atoms with Gasteiger partial charge in [0.15, 0.2) is 11.5 Å². The van der Waals surface area contributed by atoms with Gasteiger partial charge in [-0.25, -0.2) is 5.43 Å². The molecule has 0 atom stereocenters. The molecule has 0 unspecified atom stereocenters. The van der Waals surface area contributed by atoms with E-state index in [-0.39, 0.29) is 6.54 Å². The van der Waals surface area contributed by atoms with Gasteiger partial charge >= 0.3 is 0 Å². The summed E-state index contributed by atoms with van der Waals surface area (Å²) in [5.74, 6) is 0.660. The number of nitrogens with zero attached hydrogens (tertiary/aromatic N) is 1. The number of amides is 2. The zero-order valence-corrected chi connectivity index (χ0v) is 20.3. The van der Waals surface area contributed by atoms with Crippen LogP contribution in [0.1, 0.15) is 21.5 Å². The number of para-hydroxylation sites is 1. The van der Waals surface area contributed by atoms with Gasteiger partial charge < -0.3 is 19.5 Å². The molecule has 0 bridgehead atoms. The topological polar surface area (TPSA) is 98.2 Å². The van der Waals surface area contributed by atoms with Gasteiger partial charge in [-0.1, -0.05) is 40.2 Å². The SMILES string of the molecule is COc1ccc(C(=O)NCC(=O)N/N=C\c2ccccc2OCc2ccc(Br)cc2)cc1OC. The third-order valence-electron chi connectivity index (χ3n) is 4.67. The number of hydrogen-bond acceptors (Lipinski definition) is 6. The van der Waals surface area contributed by atoms with Crippen LogP contribution in [-0.2, 0) is 11.4 Å². The molecule has 3 aromatic rings. The lowest BCUT2D eigenvalue weighted by Crippen LogP contribution is -2.34. The zero-order chi connectivity index (χ0) is 24.3. The van der Waals surface area contributed by atoms with Crippen LogP contribution in [0.15, 0.2) is 76.3 Å². The van der Waals surface area contributed by atoms with E-state index in [2.05, 4.69) is 31.8 Å². The number of ether oxygens (including phenoxy) is 3. The lowest BCUT2D eigenvalue weighted by atomic mass is 10.2. The Labute approximate surface area is 206 Å². The van der Waals surface area contributed by atoms with Crippen molar-refractivity contribution in [1.29, 1.82) is 0 Å². The number of hydrazone groups is 1. The Morgan fingerprint density at radius 2 is 1.68 bits per heavy atom. The van der Waals surface area contributed by atoms with E-state index in [1.807, 2.05) is 48.5 Å². The van der Waals surface area contributed by atoms with Gasteiger partial charge in [0, 0.05) is 15.6 Å². The number of halogens is 1. The van der Waals surface area contributed by atoms with Crippen molar-refractivity contribution in [3.05, 3.63) is 87.9 Å². The van der Waals surface area contributed by atoms with Gasteiger partial charge in [0.05, 0.1) is 27.0 Å². The molecule has 0 aromatic heterocycles. The van der Waals surface area contributed by atoms with Crippen LogP contribution in [0.5, 0.6) is 17.2 Å². The van der Waals surface area contributed by atoms with Gasteiger partial charge in [-0.05, 0) is 48.0 Å². The maximum absolute atomic E-state index is 12.3. The molecule has 9 heteroatoms. The number of carbonyl (C=O) groups is 2. The van der Waals surface area contributed by atoms with Crippen molar-refractivity contribution in [3.63, 3.8) is 0 Å². The van der Waals surface area contributed by atoms with Crippen LogP contribution in [0.25, 0.3) is 0 Å². The second-order valence-electron chi connectivity index (χ2n) is 7.00. The Kier molecular flexibility index (Phi) is 9.04. The van der Waals surface area contributed by atoms with Gasteiger partial charge in [0.1, 0.15) is 12.4 Å². The van der Waals surface area contributed by atoms with Crippen molar-refractivity contribution in [2.45, 2.75) is 6.61 Å². The molecule has 2 amide bonds. The fourth-order valence-electron chi connectivity index (χ4n) is 2.91. The number of carbonyl (C=O) groups excluding carboxylic acids is 2. The molecule has 0 aliphatic carbocycles. The van der Waals surface area contributed by atoms with Crippen molar-refractivity contribution in [2.24, 2.45) is 5.10 Å². The number of nitrogens with one attached hydrogen (secondary N) is 2. The summed E-state index contributed by atoms with van der Waals surface area (Å²) >= 11 is 3.41. The van der Waals surface area contributed by atoms with E-state index in [4.69, 9.17) is 14.2 Å². The fraction of sp³-hybridized carbons (Fsp3) is 0.160. The van der Waals surface area contributed by atoms with E-state index in [0.29, 0.717) is 35.0 Å². The first-order valence-electron chi connectivity index (χ1n) is 10.3. The molecule has 34 heavy (non-hydrogen) atoms. The molecule has 3 aromatic carbocycles. The van der Waals surface area contributed by atoms with E-state index < -0.39 is 11.8 Å². The van der Waals surface area contributed by atoms with E-state index >= 15 is 0 Å². The van der Waals surface area contributed by atoms with Crippen molar-refractivity contribution in [2.75, 3.05) is 20.8 Å². The predicted octanol–water partition coefficient (Wildman–Crippen LogP) is 3.93. The van der Waals surface area contributed by atoms with E-state index in [1.54, 1.807) is 12.1 Å². The highest BCUT2D eigenvalue weighted by atomic mass is 79.9. The highest BCUT2D eigenvalue weighted by Gasteiger charge is 2.12. The molecule has 0 saturated heterocycles. The molecule has 8 nitrogen and oxygen atoms in total. The zero-order valence-electron chi connectivity index (χ0n) is 18.7. The molecule has 0 radical (unpaired) electrons. The summed E-state index contributed by atoms with van der Waals surface area (Å²) in [7, 11) is 2.99. The molecule has 0 spiro atoms. The average molecular weight is 526 g/mol. The summed E-state index contributed by atoms with van der Waals surface area (Å²) in [6.07, 6.45) is 1.49. The Morgan fingerprint density at radius 3 is 2.41 bits per heavy atom. The van der Waals surface area contributed by atoms with Crippen molar-refractivity contribution in [1.82, 2.24) is 10.7 Å². The van der Waals surface area contributed by atoms with Crippen LogP contribution >= 0.6 is 15.9 Å². The summed E-state index contributed by atoms with van der Waals surface area (Å²) < 4.78 is 17.2. The minimum absolute atomic E-state index is 0.244. The van der Waals surface area contributed by atoms with E-state index in [1.165, 1.54) is 26.5 Å². The maximum Gasteiger partial charge on any atom is 0.259 e.